The molecule has 0 radical (unpaired) electrons. The second kappa shape index (κ2) is 6.82. The summed E-state index contributed by atoms with van der Waals surface area (Å²) in [4.78, 5) is 0. The van der Waals surface area contributed by atoms with Gasteiger partial charge in [0.15, 0.2) is 0 Å². The lowest BCUT2D eigenvalue weighted by molar-refractivity contribution is 0.0403. The summed E-state index contributed by atoms with van der Waals surface area (Å²) in [6.45, 7) is 0.823. The van der Waals surface area contributed by atoms with Crippen molar-refractivity contribution in [2.24, 2.45) is 0 Å². The van der Waals surface area contributed by atoms with Crippen LogP contribution in [0.15, 0.2) is 24.3 Å². The summed E-state index contributed by atoms with van der Waals surface area (Å²) in [5.74, 6) is 0.817. The van der Waals surface area contributed by atoms with E-state index in [1.807, 2.05) is 24.3 Å². The van der Waals surface area contributed by atoms with E-state index in [9.17, 15) is 5.11 Å². The van der Waals surface area contributed by atoms with Crippen LogP contribution in [-0.4, -0.2) is 30.3 Å². The lowest BCUT2D eigenvalue weighted by Crippen LogP contribution is -2.16. The first-order valence-corrected chi connectivity index (χ1v) is 5.83. The monoisotopic (exact) mass is 274 g/mol. The van der Waals surface area contributed by atoms with Crippen LogP contribution < -0.4 is 4.74 Å². The van der Waals surface area contributed by atoms with E-state index >= 15 is 0 Å². The highest BCUT2D eigenvalue weighted by Gasteiger charge is 2.02. The molecule has 0 aromatic heterocycles. The topological polar surface area (TPSA) is 38.7 Å². The Bertz CT molecular complexity index is 291. The van der Waals surface area contributed by atoms with Gasteiger partial charge in [-0.05, 0) is 17.7 Å². The molecule has 15 heavy (non-hydrogen) atoms. The highest BCUT2D eigenvalue weighted by molar-refractivity contribution is 9.09. The maximum Gasteiger partial charge on any atom is 0.119 e. The molecule has 1 unspecified atom stereocenters. The summed E-state index contributed by atoms with van der Waals surface area (Å²) in [5.41, 5.74) is 1.04. The number of aliphatic hydroxyl groups excluding tert-OH is 1. The van der Waals surface area contributed by atoms with Gasteiger partial charge in [0.2, 0.25) is 0 Å². The van der Waals surface area contributed by atoms with E-state index in [1.165, 1.54) is 0 Å². The molecule has 0 saturated carbocycles. The third-order valence-corrected chi connectivity index (χ3v) is 2.64. The smallest absolute Gasteiger partial charge is 0.119 e. The summed E-state index contributed by atoms with van der Waals surface area (Å²) in [7, 11) is 1.63. The van der Waals surface area contributed by atoms with Crippen LogP contribution in [0.25, 0.3) is 0 Å². The Morgan fingerprint density at radius 2 is 2.27 bits per heavy atom. The van der Waals surface area contributed by atoms with Crippen molar-refractivity contribution in [3.8, 4) is 5.75 Å². The molecule has 0 bridgehead atoms. The SMILES string of the molecule is COc1cccc(COCC(O)CBr)c1. The molecule has 4 heteroatoms. The number of rotatable bonds is 6. The Morgan fingerprint density at radius 3 is 2.93 bits per heavy atom. The molecular formula is C11H15BrO3. The average Bonchev–Trinajstić information content (AvgIpc) is 2.29. The van der Waals surface area contributed by atoms with Gasteiger partial charge < -0.3 is 14.6 Å². The van der Waals surface area contributed by atoms with E-state index < -0.39 is 6.10 Å². The Kier molecular flexibility index (Phi) is 5.68. The quantitative estimate of drug-likeness (QED) is 0.807. The summed E-state index contributed by atoms with van der Waals surface area (Å²) in [5, 5.41) is 9.77. The zero-order chi connectivity index (χ0) is 11.1. The average molecular weight is 275 g/mol. The number of aliphatic hydroxyl groups is 1. The Morgan fingerprint density at radius 1 is 1.47 bits per heavy atom. The lowest BCUT2D eigenvalue weighted by Gasteiger charge is -2.08. The summed E-state index contributed by atoms with van der Waals surface area (Å²) in [6, 6.07) is 7.68. The molecule has 0 aliphatic heterocycles. The van der Waals surface area contributed by atoms with Crippen LogP contribution in [0.1, 0.15) is 5.56 Å². The number of methoxy groups -OCH3 is 1. The second-order valence-electron chi connectivity index (χ2n) is 3.17. The Hall–Kier alpha value is -0.580. The first-order valence-electron chi connectivity index (χ1n) is 4.71. The zero-order valence-corrected chi connectivity index (χ0v) is 10.2. The van der Waals surface area contributed by atoms with Gasteiger partial charge in [-0.25, -0.2) is 0 Å². The predicted octanol–water partition coefficient (Wildman–Crippen LogP) is 1.97. The molecule has 0 aliphatic rings. The maximum absolute atomic E-state index is 9.24. The largest absolute Gasteiger partial charge is 0.497 e. The number of benzene rings is 1. The second-order valence-corrected chi connectivity index (χ2v) is 3.82. The fourth-order valence-corrected chi connectivity index (χ4v) is 1.31. The molecular weight excluding hydrogens is 260 g/mol. The van der Waals surface area contributed by atoms with Crippen molar-refractivity contribution >= 4 is 15.9 Å². The fraction of sp³-hybridized carbons (Fsp3) is 0.455. The van der Waals surface area contributed by atoms with Gasteiger partial charge in [0.05, 0.1) is 26.4 Å². The first kappa shape index (κ1) is 12.5. The van der Waals surface area contributed by atoms with Crippen LogP contribution in [0.2, 0.25) is 0 Å². The Balaban J connectivity index is 2.37. The number of halogens is 1. The van der Waals surface area contributed by atoms with Crippen molar-refractivity contribution in [3.05, 3.63) is 29.8 Å². The Labute approximate surface area is 98.1 Å². The maximum atomic E-state index is 9.24. The fourth-order valence-electron chi connectivity index (χ4n) is 1.12. The standard InChI is InChI=1S/C11H15BrO3/c1-14-11-4-2-3-9(5-11)7-15-8-10(13)6-12/h2-5,10,13H,6-8H2,1H3. The van der Waals surface area contributed by atoms with Crippen molar-refractivity contribution in [2.45, 2.75) is 12.7 Å². The van der Waals surface area contributed by atoms with Crippen molar-refractivity contribution in [2.75, 3.05) is 19.0 Å². The molecule has 3 nitrogen and oxygen atoms in total. The summed E-state index contributed by atoms with van der Waals surface area (Å²) >= 11 is 3.17. The third kappa shape index (κ3) is 4.64. The molecule has 0 heterocycles. The molecule has 1 aromatic rings. The zero-order valence-electron chi connectivity index (χ0n) is 8.65. The minimum Gasteiger partial charge on any atom is -0.497 e. The van der Waals surface area contributed by atoms with Gasteiger partial charge in [-0.2, -0.15) is 0 Å². The molecule has 84 valence electrons. The van der Waals surface area contributed by atoms with Gasteiger partial charge in [-0.3, -0.25) is 0 Å². The van der Waals surface area contributed by atoms with Crippen LogP contribution in [-0.2, 0) is 11.3 Å². The van der Waals surface area contributed by atoms with Crippen molar-refractivity contribution in [1.82, 2.24) is 0 Å². The van der Waals surface area contributed by atoms with Crippen LogP contribution in [0.4, 0.5) is 0 Å². The van der Waals surface area contributed by atoms with E-state index in [1.54, 1.807) is 7.11 Å². The molecule has 0 aliphatic carbocycles. The highest BCUT2D eigenvalue weighted by atomic mass is 79.9. The molecule has 1 N–H and O–H groups in total. The predicted molar refractivity (Wildman–Crippen MR) is 62.5 cm³/mol. The van der Waals surface area contributed by atoms with Crippen molar-refractivity contribution < 1.29 is 14.6 Å². The number of hydrogen-bond donors (Lipinski definition) is 1. The molecule has 0 amide bonds. The molecule has 0 fully saturated rings. The van der Waals surface area contributed by atoms with Crippen LogP contribution in [0.3, 0.4) is 0 Å². The van der Waals surface area contributed by atoms with E-state index in [0.29, 0.717) is 18.5 Å². The van der Waals surface area contributed by atoms with Crippen molar-refractivity contribution in [3.63, 3.8) is 0 Å². The lowest BCUT2D eigenvalue weighted by atomic mass is 10.2. The molecule has 0 spiro atoms. The number of alkyl halides is 1. The van der Waals surface area contributed by atoms with E-state index in [2.05, 4.69) is 15.9 Å². The number of hydrogen-bond acceptors (Lipinski definition) is 3. The molecule has 0 saturated heterocycles. The summed E-state index contributed by atoms with van der Waals surface area (Å²) < 4.78 is 10.4. The summed E-state index contributed by atoms with van der Waals surface area (Å²) in [6.07, 6.45) is -0.449. The van der Waals surface area contributed by atoms with Gasteiger partial charge >= 0.3 is 0 Å². The van der Waals surface area contributed by atoms with Crippen molar-refractivity contribution in [1.29, 1.82) is 0 Å². The molecule has 1 aromatic carbocycles. The first-order chi connectivity index (χ1) is 7.26. The normalized spacial score (nSPS) is 12.5. The van der Waals surface area contributed by atoms with Gasteiger partial charge in [0, 0.05) is 5.33 Å². The minimum atomic E-state index is -0.449. The molecule has 1 rings (SSSR count). The van der Waals surface area contributed by atoms with Crippen LogP contribution in [0, 0.1) is 0 Å². The van der Waals surface area contributed by atoms with Crippen LogP contribution >= 0.6 is 15.9 Å². The van der Waals surface area contributed by atoms with Gasteiger partial charge in [-0.1, -0.05) is 28.1 Å². The highest BCUT2D eigenvalue weighted by Crippen LogP contribution is 2.13. The van der Waals surface area contributed by atoms with Gasteiger partial charge in [0.1, 0.15) is 5.75 Å². The minimum absolute atomic E-state index is 0.336. The third-order valence-electron chi connectivity index (χ3n) is 1.89. The van der Waals surface area contributed by atoms with Gasteiger partial charge in [0.25, 0.3) is 0 Å². The van der Waals surface area contributed by atoms with E-state index in [4.69, 9.17) is 9.47 Å². The van der Waals surface area contributed by atoms with Gasteiger partial charge in [-0.15, -0.1) is 0 Å². The molecule has 1 atom stereocenters. The van der Waals surface area contributed by atoms with Crippen LogP contribution in [0.5, 0.6) is 5.75 Å². The number of ether oxygens (including phenoxy) is 2. The van der Waals surface area contributed by atoms with E-state index in [-0.39, 0.29) is 0 Å². The van der Waals surface area contributed by atoms with E-state index in [0.717, 1.165) is 11.3 Å².